The highest BCUT2D eigenvalue weighted by molar-refractivity contribution is 7.13. The molecule has 0 amide bonds. The Morgan fingerprint density at radius 2 is 2.26 bits per heavy atom. The summed E-state index contributed by atoms with van der Waals surface area (Å²) in [6, 6.07) is 7.42. The molecule has 0 aliphatic carbocycles. The molecule has 3 aromatic rings. The standard InChI is InChI=1S/C15H12ClN3O3S/c1-9-17-13(22-19-9)7-21-14(20)6-12-8-23-15(18-12)10-3-2-4-11(16)5-10/h2-5,8H,6-7H2,1H3. The highest BCUT2D eigenvalue weighted by Gasteiger charge is 2.12. The van der Waals surface area contributed by atoms with E-state index >= 15 is 0 Å². The van der Waals surface area contributed by atoms with Crippen LogP contribution in [0.1, 0.15) is 17.4 Å². The summed E-state index contributed by atoms with van der Waals surface area (Å²) in [5, 5.41) is 6.91. The van der Waals surface area contributed by atoms with Gasteiger partial charge >= 0.3 is 5.97 Å². The van der Waals surface area contributed by atoms with Gasteiger partial charge in [0.1, 0.15) is 5.01 Å². The zero-order valence-corrected chi connectivity index (χ0v) is 13.7. The second-order valence-electron chi connectivity index (χ2n) is 4.73. The van der Waals surface area contributed by atoms with E-state index in [1.807, 2.05) is 23.6 Å². The molecule has 2 heterocycles. The summed E-state index contributed by atoms with van der Waals surface area (Å²) < 4.78 is 9.96. The number of benzene rings is 1. The monoisotopic (exact) mass is 349 g/mol. The molecule has 2 aromatic heterocycles. The van der Waals surface area contributed by atoms with E-state index in [2.05, 4.69) is 15.1 Å². The van der Waals surface area contributed by atoms with E-state index in [4.69, 9.17) is 20.9 Å². The van der Waals surface area contributed by atoms with E-state index in [-0.39, 0.29) is 18.9 Å². The zero-order chi connectivity index (χ0) is 16.2. The molecule has 0 fully saturated rings. The van der Waals surface area contributed by atoms with E-state index in [0.29, 0.717) is 16.5 Å². The Morgan fingerprint density at radius 1 is 1.39 bits per heavy atom. The van der Waals surface area contributed by atoms with Crippen LogP contribution in [0.4, 0.5) is 0 Å². The van der Waals surface area contributed by atoms with Crippen LogP contribution in [0, 0.1) is 6.92 Å². The van der Waals surface area contributed by atoms with E-state index in [9.17, 15) is 4.79 Å². The van der Waals surface area contributed by atoms with Gasteiger partial charge in [0.15, 0.2) is 12.4 Å². The lowest BCUT2D eigenvalue weighted by Crippen LogP contribution is -2.08. The van der Waals surface area contributed by atoms with Gasteiger partial charge in [-0.3, -0.25) is 4.79 Å². The smallest absolute Gasteiger partial charge is 0.312 e. The van der Waals surface area contributed by atoms with Gasteiger partial charge in [0, 0.05) is 16.0 Å². The number of carbonyl (C=O) groups excluding carboxylic acids is 1. The van der Waals surface area contributed by atoms with Crippen molar-refractivity contribution in [1.82, 2.24) is 15.1 Å². The number of aromatic nitrogens is 3. The van der Waals surface area contributed by atoms with Crippen LogP contribution in [0.3, 0.4) is 0 Å². The van der Waals surface area contributed by atoms with Crippen molar-refractivity contribution in [3.8, 4) is 10.6 Å². The van der Waals surface area contributed by atoms with Crippen LogP contribution >= 0.6 is 22.9 Å². The first kappa shape index (κ1) is 15.6. The van der Waals surface area contributed by atoms with Crippen LogP contribution in [0.5, 0.6) is 0 Å². The molecule has 0 saturated heterocycles. The fraction of sp³-hybridized carbons (Fsp3) is 0.200. The Balaban J connectivity index is 1.59. The topological polar surface area (TPSA) is 78.1 Å². The minimum absolute atomic E-state index is 0.0367. The molecule has 0 atom stereocenters. The maximum absolute atomic E-state index is 11.8. The average Bonchev–Trinajstić information content (AvgIpc) is 3.14. The van der Waals surface area contributed by atoms with Crippen molar-refractivity contribution in [2.75, 3.05) is 0 Å². The minimum Gasteiger partial charge on any atom is -0.455 e. The van der Waals surface area contributed by atoms with Gasteiger partial charge in [-0.25, -0.2) is 4.98 Å². The number of ether oxygens (including phenoxy) is 1. The van der Waals surface area contributed by atoms with Crippen molar-refractivity contribution in [2.24, 2.45) is 0 Å². The van der Waals surface area contributed by atoms with Crippen LogP contribution in [0.25, 0.3) is 10.6 Å². The molecule has 6 nitrogen and oxygen atoms in total. The van der Waals surface area contributed by atoms with E-state index in [1.54, 1.807) is 13.0 Å². The molecule has 0 bridgehead atoms. The van der Waals surface area contributed by atoms with Crippen LogP contribution in [-0.4, -0.2) is 21.1 Å². The fourth-order valence-corrected chi connectivity index (χ4v) is 2.89. The molecule has 0 spiro atoms. The number of rotatable bonds is 5. The summed E-state index contributed by atoms with van der Waals surface area (Å²) in [5.41, 5.74) is 1.57. The summed E-state index contributed by atoms with van der Waals surface area (Å²) in [5.74, 6) is 0.374. The zero-order valence-electron chi connectivity index (χ0n) is 12.2. The largest absolute Gasteiger partial charge is 0.455 e. The number of esters is 1. The summed E-state index contributed by atoms with van der Waals surface area (Å²) in [7, 11) is 0. The number of hydrogen-bond donors (Lipinski definition) is 0. The number of aryl methyl sites for hydroxylation is 1. The van der Waals surface area contributed by atoms with Gasteiger partial charge in [-0.05, 0) is 19.1 Å². The maximum atomic E-state index is 11.8. The molecular weight excluding hydrogens is 338 g/mol. The third kappa shape index (κ3) is 4.14. The van der Waals surface area contributed by atoms with E-state index in [0.717, 1.165) is 10.6 Å². The third-order valence-electron chi connectivity index (χ3n) is 2.88. The average molecular weight is 350 g/mol. The Bertz CT molecular complexity index is 831. The molecule has 0 radical (unpaired) electrons. The van der Waals surface area contributed by atoms with Crippen molar-refractivity contribution < 1.29 is 14.1 Å². The molecule has 3 rings (SSSR count). The molecule has 0 aliphatic heterocycles. The van der Waals surface area contributed by atoms with Gasteiger partial charge in [0.25, 0.3) is 5.89 Å². The van der Waals surface area contributed by atoms with E-state index in [1.165, 1.54) is 11.3 Å². The number of halogens is 1. The van der Waals surface area contributed by atoms with Crippen LogP contribution in [0.15, 0.2) is 34.2 Å². The first-order chi connectivity index (χ1) is 11.1. The summed E-state index contributed by atoms with van der Waals surface area (Å²) in [6.45, 7) is 1.66. The highest BCUT2D eigenvalue weighted by atomic mass is 35.5. The predicted octanol–water partition coefficient (Wildman–Crippen LogP) is 3.44. The van der Waals surface area contributed by atoms with Crippen molar-refractivity contribution in [1.29, 1.82) is 0 Å². The van der Waals surface area contributed by atoms with Crippen LogP contribution in [0.2, 0.25) is 5.02 Å². The predicted molar refractivity (Wildman–Crippen MR) is 85.1 cm³/mol. The summed E-state index contributed by atoms with van der Waals surface area (Å²) >= 11 is 7.42. The minimum atomic E-state index is -0.399. The van der Waals surface area contributed by atoms with Crippen LogP contribution in [-0.2, 0) is 22.6 Å². The summed E-state index contributed by atoms with van der Waals surface area (Å²) in [4.78, 5) is 20.2. The van der Waals surface area contributed by atoms with Gasteiger partial charge < -0.3 is 9.26 Å². The Hall–Kier alpha value is -2.25. The van der Waals surface area contributed by atoms with Gasteiger partial charge in [0.2, 0.25) is 0 Å². The lowest BCUT2D eigenvalue weighted by molar-refractivity contribution is -0.144. The number of thiazole rings is 1. The van der Waals surface area contributed by atoms with Gasteiger partial charge in [0.05, 0.1) is 12.1 Å². The molecule has 8 heteroatoms. The SMILES string of the molecule is Cc1noc(COC(=O)Cc2csc(-c3cccc(Cl)c3)n2)n1. The first-order valence-electron chi connectivity index (χ1n) is 6.75. The van der Waals surface area contributed by atoms with Crippen LogP contribution < -0.4 is 0 Å². The number of carbonyl (C=O) groups is 1. The second kappa shape index (κ2) is 6.89. The maximum Gasteiger partial charge on any atom is 0.312 e. The molecule has 0 aliphatic rings. The molecule has 0 unspecified atom stereocenters. The normalized spacial score (nSPS) is 10.7. The first-order valence-corrected chi connectivity index (χ1v) is 8.01. The lowest BCUT2D eigenvalue weighted by atomic mass is 10.2. The Morgan fingerprint density at radius 3 is 3.00 bits per heavy atom. The Labute approximate surface area is 141 Å². The molecular formula is C15H12ClN3O3S. The lowest BCUT2D eigenvalue weighted by Gasteiger charge is -2.00. The molecule has 1 aromatic carbocycles. The molecule has 23 heavy (non-hydrogen) atoms. The summed E-state index contributed by atoms with van der Waals surface area (Å²) in [6.07, 6.45) is 0.0875. The number of nitrogens with zero attached hydrogens (tertiary/aromatic N) is 3. The van der Waals surface area contributed by atoms with E-state index < -0.39 is 5.97 Å². The number of hydrogen-bond acceptors (Lipinski definition) is 7. The Kier molecular flexibility index (Phi) is 4.68. The van der Waals surface area contributed by atoms with Gasteiger partial charge in [-0.1, -0.05) is 28.9 Å². The van der Waals surface area contributed by atoms with Gasteiger partial charge in [-0.15, -0.1) is 11.3 Å². The fourth-order valence-electron chi connectivity index (χ4n) is 1.88. The molecule has 0 saturated carbocycles. The third-order valence-corrected chi connectivity index (χ3v) is 4.05. The quantitative estimate of drug-likeness (QED) is 0.656. The molecule has 0 N–H and O–H groups in total. The molecule has 118 valence electrons. The second-order valence-corrected chi connectivity index (χ2v) is 6.02. The van der Waals surface area contributed by atoms with Gasteiger partial charge in [-0.2, -0.15) is 4.98 Å². The van der Waals surface area contributed by atoms with Crippen molar-refractivity contribution in [2.45, 2.75) is 20.0 Å². The van der Waals surface area contributed by atoms with Crippen molar-refractivity contribution in [3.63, 3.8) is 0 Å². The van der Waals surface area contributed by atoms with Crippen molar-refractivity contribution in [3.05, 3.63) is 52.1 Å². The van der Waals surface area contributed by atoms with Crippen molar-refractivity contribution >= 4 is 28.9 Å². The highest BCUT2D eigenvalue weighted by Crippen LogP contribution is 2.26.